The van der Waals surface area contributed by atoms with E-state index in [9.17, 15) is 4.39 Å². The minimum absolute atomic E-state index is 0.146. The molecule has 0 aliphatic heterocycles. The van der Waals surface area contributed by atoms with Crippen molar-refractivity contribution >= 4 is 12.2 Å². The lowest BCUT2D eigenvalue weighted by molar-refractivity contribution is 0.297. The highest BCUT2D eigenvalue weighted by Gasteiger charge is 2.24. The van der Waals surface area contributed by atoms with Crippen LogP contribution < -0.4 is 0 Å². The van der Waals surface area contributed by atoms with Crippen molar-refractivity contribution in [2.45, 2.75) is 83.5 Å². The van der Waals surface area contributed by atoms with Crippen molar-refractivity contribution in [3.63, 3.8) is 0 Å². The van der Waals surface area contributed by atoms with Crippen LogP contribution in [0.25, 0.3) is 12.2 Å². The summed E-state index contributed by atoms with van der Waals surface area (Å²) in [7, 11) is 0. The van der Waals surface area contributed by atoms with Crippen molar-refractivity contribution in [1.29, 1.82) is 0 Å². The molecule has 1 atom stereocenters. The summed E-state index contributed by atoms with van der Waals surface area (Å²) < 4.78 is 14.9. The Morgan fingerprint density at radius 1 is 0.707 bits per heavy atom. The van der Waals surface area contributed by atoms with E-state index >= 15 is 0 Å². The van der Waals surface area contributed by atoms with E-state index in [1.807, 2.05) is 18.2 Å². The zero-order valence-corrected chi connectivity index (χ0v) is 24.9. The molecule has 0 bridgehead atoms. The van der Waals surface area contributed by atoms with Gasteiger partial charge in [-0.15, -0.1) is 0 Å². The second-order valence-electron chi connectivity index (χ2n) is 12.2. The summed E-state index contributed by atoms with van der Waals surface area (Å²) in [4.78, 5) is 0. The number of rotatable bonds is 11. The highest BCUT2D eigenvalue weighted by molar-refractivity contribution is 5.70. The normalized spacial score (nSPS) is 18.0. The van der Waals surface area contributed by atoms with Crippen molar-refractivity contribution < 1.29 is 4.39 Å². The molecular formula is C40H45F. The van der Waals surface area contributed by atoms with Gasteiger partial charge in [-0.1, -0.05) is 123 Å². The zero-order chi connectivity index (χ0) is 28.4. The zero-order valence-electron chi connectivity index (χ0n) is 24.9. The number of hydrogen-bond acceptors (Lipinski definition) is 0. The first kappa shape index (κ1) is 29.1. The Kier molecular flexibility index (Phi) is 10.2. The van der Waals surface area contributed by atoms with Crippen LogP contribution >= 0.6 is 0 Å². The van der Waals surface area contributed by atoms with Gasteiger partial charge in [0.15, 0.2) is 0 Å². The van der Waals surface area contributed by atoms with E-state index in [1.54, 1.807) is 6.07 Å². The molecule has 4 aromatic carbocycles. The summed E-state index contributed by atoms with van der Waals surface area (Å²) in [5.41, 5.74) is 8.43. The molecule has 1 fully saturated rings. The Labute approximate surface area is 247 Å². The van der Waals surface area contributed by atoms with Gasteiger partial charge in [-0.2, -0.15) is 0 Å². The third-order valence-corrected chi connectivity index (χ3v) is 9.09. The Balaban J connectivity index is 1.10. The fourth-order valence-corrected chi connectivity index (χ4v) is 6.53. The van der Waals surface area contributed by atoms with Crippen molar-refractivity contribution in [2.75, 3.05) is 0 Å². The van der Waals surface area contributed by atoms with Gasteiger partial charge in [0.05, 0.1) is 0 Å². The molecule has 1 aliphatic rings. The van der Waals surface area contributed by atoms with E-state index in [-0.39, 0.29) is 5.82 Å². The van der Waals surface area contributed by atoms with Gasteiger partial charge < -0.3 is 0 Å². The van der Waals surface area contributed by atoms with Gasteiger partial charge >= 0.3 is 0 Å². The van der Waals surface area contributed by atoms with Gasteiger partial charge in [0, 0.05) is 5.56 Å². The lowest BCUT2D eigenvalue weighted by atomic mass is 9.75. The Bertz CT molecular complexity index is 1370. The molecule has 41 heavy (non-hydrogen) atoms. The standard InChI is InChI=1S/C40H45F/c1-3-7-31-10-12-32(13-11-31)14-15-35-21-27-39(40(41)29-35)26-18-33-16-22-37(23-17-33)38-24-19-34(20-25-38)28-30(2)36-8-5-4-6-9-36/h4-6,8-13,16-18,21-23,26-27,29-30,34,38H,3,7,14-15,19-20,24-25,28H2,1-2H3/t30-,34?,38?/m0/s1. The molecule has 212 valence electrons. The van der Waals surface area contributed by atoms with Crippen molar-refractivity contribution in [1.82, 2.24) is 0 Å². The Morgan fingerprint density at radius 2 is 1.34 bits per heavy atom. The topological polar surface area (TPSA) is 0 Å². The predicted molar refractivity (Wildman–Crippen MR) is 174 cm³/mol. The molecule has 0 nitrogen and oxygen atoms in total. The van der Waals surface area contributed by atoms with Crippen LogP contribution in [0.15, 0.2) is 97.1 Å². The first-order valence-corrected chi connectivity index (χ1v) is 15.8. The second-order valence-corrected chi connectivity index (χ2v) is 12.2. The quantitative estimate of drug-likeness (QED) is 0.165. The maximum absolute atomic E-state index is 14.9. The summed E-state index contributed by atoms with van der Waals surface area (Å²) >= 11 is 0. The van der Waals surface area contributed by atoms with Crippen LogP contribution in [-0.4, -0.2) is 0 Å². The second kappa shape index (κ2) is 14.4. The van der Waals surface area contributed by atoms with Gasteiger partial charge in [-0.25, -0.2) is 4.39 Å². The minimum Gasteiger partial charge on any atom is -0.206 e. The largest absolute Gasteiger partial charge is 0.206 e. The van der Waals surface area contributed by atoms with Crippen LogP contribution in [0.5, 0.6) is 0 Å². The van der Waals surface area contributed by atoms with E-state index in [2.05, 4.69) is 98.8 Å². The third kappa shape index (κ3) is 8.29. The molecule has 4 aromatic rings. The molecule has 0 unspecified atom stereocenters. The lowest BCUT2D eigenvalue weighted by Crippen LogP contribution is -2.15. The average molecular weight is 545 g/mol. The number of aryl methyl sites for hydroxylation is 3. The monoisotopic (exact) mass is 544 g/mol. The summed E-state index contributed by atoms with van der Waals surface area (Å²) in [5.74, 6) is 1.99. The van der Waals surface area contributed by atoms with Gasteiger partial charge in [-0.05, 0) is 109 Å². The van der Waals surface area contributed by atoms with Crippen LogP contribution in [0.4, 0.5) is 4.39 Å². The fourth-order valence-electron chi connectivity index (χ4n) is 6.53. The van der Waals surface area contributed by atoms with E-state index in [4.69, 9.17) is 0 Å². The maximum Gasteiger partial charge on any atom is 0.130 e. The van der Waals surface area contributed by atoms with E-state index < -0.39 is 0 Å². The van der Waals surface area contributed by atoms with Gasteiger partial charge in [0.25, 0.3) is 0 Å². The molecule has 0 heterocycles. The summed E-state index contributed by atoms with van der Waals surface area (Å²) in [5, 5.41) is 0. The highest BCUT2D eigenvalue weighted by atomic mass is 19.1. The smallest absolute Gasteiger partial charge is 0.130 e. The molecule has 0 spiro atoms. The molecular weight excluding hydrogens is 499 g/mol. The van der Waals surface area contributed by atoms with Crippen molar-refractivity contribution in [2.24, 2.45) is 5.92 Å². The molecule has 1 aliphatic carbocycles. The van der Waals surface area contributed by atoms with E-state index in [0.717, 1.165) is 36.3 Å². The molecule has 1 heteroatoms. The van der Waals surface area contributed by atoms with E-state index in [1.165, 1.54) is 60.8 Å². The molecule has 0 aromatic heterocycles. The maximum atomic E-state index is 14.9. The van der Waals surface area contributed by atoms with Crippen LogP contribution in [0.2, 0.25) is 0 Å². The Morgan fingerprint density at radius 3 is 2.00 bits per heavy atom. The van der Waals surface area contributed by atoms with Gasteiger partial charge in [0.1, 0.15) is 5.82 Å². The molecule has 1 saturated carbocycles. The SMILES string of the molecule is CCCc1ccc(CCc2ccc(C=Cc3ccc(C4CCC(C[C@H](C)c5ccccc5)CC4)cc3)c(F)c2)cc1. The first-order chi connectivity index (χ1) is 20.1. The number of hydrogen-bond donors (Lipinski definition) is 0. The summed E-state index contributed by atoms with van der Waals surface area (Å²) in [6, 6.07) is 34.4. The van der Waals surface area contributed by atoms with Crippen LogP contribution in [0.3, 0.4) is 0 Å². The molecule has 0 N–H and O–H groups in total. The first-order valence-electron chi connectivity index (χ1n) is 15.8. The molecule has 0 radical (unpaired) electrons. The summed E-state index contributed by atoms with van der Waals surface area (Å²) in [6.45, 7) is 4.58. The summed E-state index contributed by atoms with van der Waals surface area (Å²) in [6.07, 6.45) is 14.5. The molecule has 0 amide bonds. The van der Waals surface area contributed by atoms with E-state index in [0.29, 0.717) is 17.4 Å². The third-order valence-electron chi connectivity index (χ3n) is 9.09. The Hall–Kier alpha value is -3.45. The molecule has 5 rings (SSSR count). The van der Waals surface area contributed by atoms with Crippen molar-refractivity contribution in [3.8, 4) is 0 Å². The lowest BCUT2D eigenvalue weighted by Gasteiger charge is -2.30. The predicted octanol–water partition coefficient (Wildman–Crippen LogP) is 11.2. The fraction of sp³-hybridized carbons (Fsp3) is 0.350. The van der Waals surface area contributed by atoms with Crippen LogP contribution in [-0.2, 0) is 19.3 Å². The average Bonchev–Trinajstić information content (AvgIpc) is 3.01. The minimum atomic E-state index is -0.146. The van der Waals surface area contributed by atoms with Gasteiger partial charge in [-0.3, -0.25) is 0 Å². The number of benzene rings is 4. The van der Waals surface area contributed by atoms with Crippen LogP contribution in [0.1, 0.15) is 103 Å². The molecule has 0 saturated heterocycles. The highest BCUT2D eigenvalue weighted by Crippen LogP contribution is 2.39. The van der Waals surface area contributed by atoms with Gasteiger partial charge in [0.2, 0.25) is 0 Å². The van der Waals surface area contributed by atoms with Crippen molar-refractivity contribution in [3.05, 3.63) is 142 Å². The number of halogens is 1. The van der Waals surface area contributed by atoms with Crippen LogP contribution in [0, 0.1) is 11.7 Å².